The lowest BCUT2D eigenvalue weighted by atomic mass is 9.91. The van der Waals surface area contributed by atoms with Crippen LogP contribution in [0.4, 0.5) is 79.0 Å². The van der Waals surface area contributed by atoms with Crippen LogP contribution in [0.25, 0.3) is 0 Å². The molecule has 0 rings (SSSR count). The summed E-state index contributed by atoms with van der Waals surface area (Å²) in [5.74, 6) is -40.9. The van der Waals surface area contributed by atoms with Crippen LogP contribution in [0.2, 0.25) is 0 Å². The van der Waals surface area contributed by atoms with Crippen molar-refractivity contribution in [2.75, 3.05) is 6.67 Å². The van der Waals surface area contributed by atoms with Crippen LogP contribution in [0.3, 0.4) is 0 Å². The van der Waals surface area contributed by atoms with Crippen LogP contribution in [0.5, 0.6) is 0 Å². The Morgan fingerprint density at radius 2 is 0.857 bits per heavy atom. The molecular formula is C10H2F18. The highest BCUT2D eigenvalue weighted by Gasteiger charge is 2.85. The molecule has 0 amide bonds. The molecule has 0 aromatic rings. The Hall–Kier alpha value is -1.52. The van der Waals surface area contributed by atoms with E-state index in [1.165, 1.54) is 0 Å². The molecule has 0 aromatic heterocycles. The first-order valence-electron chi connectivity index (χ1n) is 5.83. The van der Waals surface area contributed by atoms with E-state index in [1.807, 2.05) is 0 Å². The first kappa shape index (κ1) is 26.5. The Morgan fingerprint density at radius 3 is 1.11 bits per heavy atom. The third-order valence-corrected chi connectivity index (χ3v) is 2.97. The van der Waals surface area contributed by atoms with Crippen molar-refractivity contribution in [3.05, 3.63) is 11.7 Å². The molecular weight excluding hydrogens is 462 g/mol. The zero-order valence-corrected chi connectivity index (χ0v) is 12.0. The molecule has 0 saturated carbocycles. The maximum absolute atomic E-state index is 13.4. The summed E-state index contributed by atoms with van der Waals surface area (Å²) in [5.41, 5.74) is -8.08. The minimum Gasteiger partial charge on any atom is -0.244 e. The average Bonchev–Trinajstić information content (AvgIpc) is 2.49. The number of rotatable bonds is 6. The van der Waals surface area contributed by atoms with Gasteiger partial charge in [0.25, 0.3) is 0 Å². The van der Waals surface area contributed by atoms with Gasteiger partial charge >= 0.3 is 41.7 Å². The zero-order chi connectivity index (χ0) is 23.4. The Bertz CT molecular complexity index is 605. The van der Waals surface area contributed by atoms with Crippen molar-refractivity contribution in [1.29, 1.82) is 0 Å². The van der Waals surface area contributed by atoms with Gasteiger partial charge in [-0.1, -0.05) is 0 Å². The first-order valence-corrected chi connectivity index (χ1v) is 5.83. The van der Waals surface area contributed by atoms with E-state index in [1.54, 1.807) is 0 Å². The summed E-state index contributed by atoms with van der Waals surface area (Å²) in [6.45, 7) is -3.80. The lowest BCUT2D eigenvalue weighted by Gasteiger charge is -2.36. The van der Waals surface area contributed by atoms with Gasteiger partial charge in [0.1, 0.15) is 0 Å². The summed E-state index contributed by atoms with van der Waals surface area (Å²) in [7, 11) is 0. The summed E-state index contributed by atoms with van der Waals surface area (Å²) in [6.07, 6.45) is -15.7. The van der Waals surface area contributed by atoms with Crippen LogP contribution in [-0.4, -0.2) is 48.4 Å². The van der Waals surface area contributed by atoms with Crippen LogP contribution in [0.15, 0.2) is 11.7 Å². The second-order valence-electron chi connectivity index (χ2n) is 4.84. The number of halogens is 18. The predicted octanol–water partition coefficient (Wildman–Crippen LogP) is 6.48. The predicted molar refractivity (Wildman–Crippen MR) is 51.0 cm³/mol. The van der Waals surface area contributed by atoms with Gasteiger partial charge in [0.15, 0.2) is 12.5 Å². The molecule has 0 nitrogen and oxygen atoms in total. The van der Waals surface area contributed by atoms with Crippen molar-refractivity contribution in [1.82, 2.24) is 0 Å². The van der Waals surface area contributed by atoms with Crippen LogP contribution in [-0.2, 0) is 0 Å². The second-order valence-corrected chi connectivity index (χ2v) is 4.84. The van der Waals surface area contributed by atoms with Gasteiger partial charge in [0.2, 0.25) is 5.83 Å². The number of hydrogen-bond acceptors (Lipinski definition) is 0. The lowest BCUT2D eigenvalue weighted by molar-refractivity contribution is -0.377. The molecule has 168 valence electrons. The van der Waals surface area contributed by atoms with Crippen molar-refractivity contribution < 1.29 is 79.0 Å². The van der Waals surface area contributed by atoms with Gasteiger partial charge in [-0.25, -0.2) is 17.6 Å². The summed E-state index contributed by atoms with van der Waals surface area (Å²) in [4.78, 5) is 0. The van der Waals surface area contributed by atoms with Crippen molar-refractivity contribution >= 4 is 0 Å². The molecule has 0 saturated heterocycles. The normalized spacial score (nSPS) is 18.6. The molecule has 0 spiro atoms. The maximum atomic E-state index is 13.4. The molecule has 28 heavy (non-hydrogen) atoms. The Balaban J connectivity index is 7.03. The number of alkyl halides is 16. The van der Waals surface area contributed by atoms with E-state index < -0.39 is 60.0 Å². The van der Waals surface area contributed by atoms with Crippen molar-refractivity contribution in [3.8, 4) is 0 Å². The highest BCUT2D eigenvalue weighted by Crippen LogP contribution is 2.59. The molecule has 0 bridgehead atoms. The van der Waals surface area contributed by atoms with Crippen LogP contribution >= 0.6 is 0 Å². The fourth-order valence-electron chi connectivity index (χ4n) is 1.38. The zero-order valence-electron chi connectivity index (χ0n) is 12.0. The van der Waals surface area contributed by atoms with E-state index in [2.05, 4.69) is 0 Å². The van der Waals surface area contributed by atoms with Crippen LogP contribution in [0, 0.1) is 0 Å². The lowest BCUT2D eigenvalue weighted by Crippen LogP contribution is -2.63. The van der Waals surface area contributed by atoms with E-state index in [-0.39, 0.29) is 0 Å². The van der Waals surface area contributed by atoms with E-state index in [9.17, 15) is 79.0 Å². The van der Waals surface area contributed by atoms with Crippen molar-refractivity contribution in [2.45, 2.75) is 41.7 Å². The summed E-state index contributed by atoms with van der Waals surface area (Å²) in [5, 5.41) is 0. The second kappa shape index (κ2) is 6.77. The minimum absolute atomic E-state index is 3.80. The van der Waals surface area contributed by atoms with E-state index in [0.717, 1.165) is 0 Å². The topological polar surface area (TPSA) is 0 Å². The fraction of sp³-hybridized carbons (Fsp3) is 0.800. The summed E-state index contributed by atoms with van der Waals surface area (Å²) in [6, 6.07) is 0. The van der Waals surface area contributed by atoms with E-state index in [0.29, 0.717) is 0 Å². The van der Waals surface area contributed by atoms with Gasteiger partial charge in [-0.3, -0.25) is 0 Å². The summed E-state index contributed by atoms with van der Waals surface area (Å²) < 4.78 is 226. The molecule has 18 heteroatoms. The molecule has 0 aliphatic carbocycles. The van der Waals surface area contributed by atoms with Gasteiger partial charge in [-0.2, -0.15) is 61.5 Å². The Labute approximate surface area is 140 Å². The largest absolute Gasteiger partial charge is 0.457 e. The molecule has 0 heterocycles. The smallest absolute Gasteiger partial charge is 0.244 e. The molecule has 0 aliphatic rings. The SMILES string of the molecule is FCC(F)(F)C(F)(F)C(F)(F)C(F)=C(F)C(F)(C(F)(F)F)C(F)(F)C(F)(F)F. The molecule has 0 radical (unpaired) electrons. The third-order valence-electron chi connectivity index (χ3n) is 2.97. The summed E-state index contributed by atoms with van der Waals surface area (Å²) >= 11 is 0. The van der Waals surface area contributed by atoms with E-state index >= 15 is 0 Å². The molecule has 0 fully saturated rings. The maximum Gasteiger partial charge on any atom is 0.457 e. The third kappa shape index (κ3) is 3.46. The Morgan fingerprint density at radius 1 is 0.500 bits per heavy atom. The number of allylic oxidation sites excluding steroid dienone is 2. The van der Waals surface area contributed by atoms with Gasteiger partial charge in [-0.15, -0.1) is 0 Å². The molecule has 0 N–H and O–H groups in total. The van der Waals surface area contributed by atoms with Gasteiger partial charge in [0.05, 0.1) is 0 Å². The molecule has 0 aromatic carbocycles. The quantitative estimate of drug-likeness (QED) is 0.395. The van der Waals surface area contributed by atoms with Gasteiger partial charge < -0.3 is 0 Å². The van der Waals surface area contributed by atoms with Gasteiger partial charge in [-0.05, 0) is 0 Å². The van der Waals surface area contributed by atoms with Crippen molar-refractivity contribution in [3.63, 3.8) is 0 Å². The van der Waals surface area contributed by atoms with Crippen molar-refractivity contribution in [2.24, 2.45) is 0 Å². The van der Waals surface area contributed by atoms with E-state index in [4.69, 9.17) is 0 Å². The van der Waals surface area contributed by atoms with Gasteiger partial charge in [0, 0.05) is 0 Å². The van der Waals surface area contributed by atoms with Crippen LogP contribution in [0.1, 0.15) is 0 Å². The first-order chi connectivity index (χ1) is 11.9. The van der Waals surface area contributed by atoms with Crippen LogP contribution < -0.4 is 0 Å². The highest BCUT2D eigenvalue weighted by atomic mass is 19.4. The average molecular weight is 464 g/mol. The standard InChI is InChI=1S/C10H2F18/c11-1-4(14,15)7(19,20)6(17,18)3(13)2(12)5(16,9(23,24)25)8(21,22)10(26,27)28/h1H2. The minimum atomic E-state index is -8.10. The molecule has 0 aliphatic heterocycles. The fourth-order valence-corrected chi connectivity index (χ4v) is 1.38. The highest BCUT2D eigenvalue weighted by molar-refractivity contribution is 5.29. The monoisotopic (exact) mass is 464 g/mol. The molecule has 1 atom stereocenters. The molecule has 1 unspecified atom stereocenters. The Kier molecular flexibility index (Phi) is 6.41. The number of hydrogen-bond donors (Lipinski definition) is 0.